The number of nitrogens with one attached hydrogen (secondary N) is 1. The summed E-state index contributed by atoms with van der Waals surface area (Å²) < 4.78 is 0. The number of rotatable bonds is 1. The quantitative estimate of drug-likeness (QED) is 0.534. The van der Waals surface area contributed by atoms with Gasteiger partial charge in [0.05, 0.1) is 0 Å². The summed E-state index contributed by atoms with van der Waals surface area (Å²) in [5.41, 5.74) is 1.98. The number of carbonyl (C=O) groups excluding carboxylic acids is 1. The molecule has 1 aromatic rings. The van der Waals surface area contributed by atoms with E-state index in [1.165, 1.54) is 0 Å². The van der Waals surface area contributed by atoms with Crippen LogP contribution in [0.4, 0.5) is 10.5 Å². The van der Waals surface area contributed by atoms with Crippen molar-refractivity contribution in [3.05, 3.63) is 23.8 Å². The molecular formula is C9H11BN2O3. The van der Waals surface area contributed by atoms with Gasteiger partial charge in [-0.3, -0.25) is 0 Å². The van der Waals surface area contributed by atoms with Crippen molar-refractivity contribution < 1.29 is 14.8 Å². The Morgan fingerprint density at radius 2 is 2.20 bits per heavy atom. The summed E-state index contributed by atoms with van der Waals surface area (Å²) >= 11 is 0. The van der Waals surface area contributed by atoms with Crippen LogP contribution in [0.3, 0.4) is 0 Å². The summed E-state index contributed by atoms with van der Waals surface area (Å²) in [6.45, 7) is 0.531. The van der Waals surface area contributed by atoms with Gasteiger partial charge in [-0.25, -0.2) is 4.79 Å². The van der Waals surface area contributed by atoms with Gasteiger partial charge in [0.25, 0.3) is 0 Å². The Morgan fingerprint density at radius 1 is 1.47 bits per heavy atom. The summed E-state index contributed by atoms with van der Waals surface area (Å²) in [5, 5.41) is 20.6. The molecule has 0 radical (unpaired) electrons. The van der Waals surface area contributed by atoms with Crippen LogP contribution in [0.1, 0.15) is 5.56 Å². The van der Waals surface area contributed by atoms with E-state index in [9.17, 15) is 4.79 Å². The highest BCUT2D eigenvalue weighted by Gasteiger charge is 2.21. The third-order valence-corrected chi connectivity index (χ3v) is 2.43. The number of hydrogen-bond donors (Lipinski definition) is 3. The Morgan fingerprint density at radius 3 is 2.87 bits per heavy atom. The highest BCUT2D eigenvalue weighted by atomic mass is 16.4. The number of amides is 2. The van der Waals surface area contributed by atoms with Gasteiger partial charge in [0.15, 0.2) is 0 Å². The monoisotopic (exact) mass is 206 g/mol. The standard InChI is InChI=1S/C9H11BN2O3/c1-12-5-6-2-3-7(10(14)15)4-8(6)11-9(12)13/h2-4,14-15H,5H2,1H3,(H,11,13). The predicted molar refractivity (Wildman–Crippen MR) is 56.8 cm³/mol. The van der Waals surface area contributed by atoms with E-state index in [1.807, 2.05) is 0 Å². The number of carbonyl (C=O) groups is 1. The second-order valence-electron chi connectivity index (χ2n) is 3.58. The van der Waals surface area contributed by atoms with E-state index in [0.717, 1.165) is 5.56 Å². The zero-order valence-electron chi connectivity index (χ0n) is 8.27. The molecule has 0 aromatic heterocycles. The maximum Gasteiger partial charge on any atom is 0.488 e. The highest BCUT2D eigenvalue weighted by molar-refractivity contribution is 6.58. The van der Waals surface area contributed by atoms with Crippen molar-refractivity contribution in [3.8, 4) is 0 Å². The minimum Gasteiger partial charge on any atom is -0.423 e. The Labute approximate surface area is 87.5 Å². The van der Waals surface area contributed by atoms with Crippen molar-refractivity contribution in [1.82, 2.24) is 4.90 Å². The van der Waals surface area contributed by atoms with Crippen molar-refractivity contribution >= 4 is 24.3 Å². The van der Waals surface area contributed by atoms with Gasteiger partial charge in [-0.1, -0.05) is 12.1 Å². The molecule has 0 unspecified atom stereocenters. The van der Waals surface area contributed by atoms with Crippen molar-refractivity contribution in [2.45, 2.75) is 6.54 Å². The van der Waals surface area contributed by atoms with E-state index in [1.54, 1.807) is 30.1 Å². The maximum atomic E-state index is 11.3. The summed E-state index contributed by atoms with van der Waals surface area (Å²) in [4.78, 5) is 12.9. The number of anilines is 1. The molecule has 1 aliphatic heterocycles. The lowest BCUT2D eigenvalue weighted by molar-refractivity contribution is 0.218. The molecule has 0 saturated heterocycles. The molecule has 0 spiro atoms. The van der Waals surface area contributed by atoms with Gasteiger partial charge in [0, 0.05) is 19.3 Å². The molecular weight excluding hydrogens is 195 g/mol. The molecule has 15 heavy (non-hydrogen) atoms. The zero-order chi connectivity index (χ0) is 11.0. The predicted octanol–water partition coefficient (Wildman–Crippen LogP) is -0.656. The molecule has 0 saturated carbocycles. The number of nitrogens with zero attached hydrogens (tertiary/aromatic N) is 1. The molecule has 5 nitrogen and oxygen atoms in total. The van der Waals surface area contributed by atoms with Crippen LogP contribution < -0.4 is 10.8 Å². The minimum absolute atomic E-state index is 0.188. The first-order chi connectivity index (χ1) is 7.08. The molecule has 0 aliphatic carbocycles. The van der Waals surface area contributed by atoms with Crippen molar-refractivity contribution in [3.63, 3.8) is 0 Å². The number of benzene rings is 1. The van der Waals surface area contributed by atoms with E-state index in [0.29, 0.717) is 17.7 Å². The number of fused-ring (bicyclic) bond motifs is 1. The fourth-order valence-corrected chi connectivity index (χ4v) is 1.55. The molecule has 78 valence electrons. The van der Waals surface area contributed by atoms with Gasteiger partial charge < -0.3 is 20.3 Å². The Kier molecular flexibility index (Phi) is 2.38. The van der Waals surface area contributed by atoms with Gasteiger partial charge in [0.2, 0.25) is 0 Å². The third kappa shape index (κ3) is 1.81. The molecule has 1 aromatic carbocycles. The first-order valence-corrected chi connectivity index (χ1v) is 4.59. The fraction of sp³-hybridized carbons (Fsp3) is 0.222. The zero-order valence-corrected chi connectivity index (χ0v) is 8.27. The largest absolute Gasteiger partial charge is 0.488 e. The smallest absolute Gasteiger partial charge is 0.423 e. The lowest BCUT2D eigenvalue weighted by atomic mass is 9.79. The van der Waals surface area contributed by atoms with E-state index in [4.69, 9.17) is 10.0 Å². The lowest BCUT2D eigenvalue weighted by Crippen LogP contribution is -2.37. The van der Waals surface area contributed by atoms with Crippen LogP contribution in [0.25, 0.3) is 0 Å². The topological polar surface area (TPSA) is 72.8 Å². The van der Waals surface area contributed by atoms with Crippen LogP contribution in [0, 0.1) is 0 Å². The average molecular weight is 206 g/mol. The highest BCUT2D eigenvalue weighted by Crippen LogP contribution is 2.20. The van der Waals surface area contributed by atoms with Gasteiger partial charge in [0.1, 0.15) is 0 Å². The average Bonchev–Trinajstić information content (AvgIpc) is 2.19. The van der Waals surface area contributed by atoms with Crippen molar-refractivity contribution in [2.24, 2.45) is 0 Å². The van der Waals surface area contributed by atoms with Crippen LogP contribution in [0.5, 0.6) is 0 Å². The number of urea groups is 1. The molecule has 1 heterocycles. The summed E-state index contributed by atoms with van der Waals surface area (Å²) in [5.74, 6) is 0. The molecule has 0 fully saturated rings. The summed E-state index contributed by atoms with van der Waals surface area (Å²) in [7, 11) is 0.194. The summed E-state index contributed by atoms with van der Waals surface area (Å²) in [6.07, 6.45) is 0. The van der Waals surface area contributed by atoms with Gasteiger partial charge in [-0.15, -0.1) is 0 Å². The minimum atomic E-state index is -1.51. The van der Waals surface area contributed by atoms with Crippen molar-refractivity contribution in [2.75, 3.05) is 12.4 Å². The Balaban J connectivity index is 2.37. The van der Waals surface area contributed by atoms with E-state index >= 15 is 0 Å². The fourth-order valence-electron chi connectivity index (χ4n) is 1.55. The SMILES string of the molecule is CN1Cc2ccc(B(O)O)cc2NC1=O. The second kappa shape index (κ2) is 3.56. The molecule has 0 atom stereocenters. The second-order valence-corrected chi connectivity index (χ2v) is 3.58. The molecule has 6 heteroatoms. The summed E-state index contributed by atoms with van der Waals surface area (Å²) in [6, 6.07) is 4.80. The van der Waals surface area contributed by atoms with Crippen LogP contribution >= 0.6 is 0 Å². The van der Waals surface area contributed by atoms with Gasteiger partial charge in [-0.2, -0.15) is 0 Å². The maximum absolute atomic E-state index is 11.3. The van der Waals surface area contributed by atoms with Crippen molar-refractivity contribution in [1.29, 1.82) is 0 Å². The van der Waals surface area contributed by atoms with E-state index in [-0.39, 0.29) is 6.03 Å². The molecule has 1 aliphatic rings. The Bertz CT molecular complexity index is 408. The number of hydrogen-bond acceptors (Lipinski definition) is 3. The lowest BCUT2D eigenvalue weighted by Gasteiger charge is -2.26. The first kappa shape index (κ1) is 10.0. The Hall–Kier alpha value is -1.53. The molecule has 2 rings (SSSR count). The molecule has 3 N–H and O–H groups in total. The van der Waals surface area contributed by atoms with Crippen LogP contribution in [0.2, 0.25) is 0 Å². The van der Waals surface area contributed by atoms with Crippen LogP contribution in [-0.2, 0) is 6.54 Å². The van der Waals surface area contributed by atoms with Crippen LogP contribution in [0.15, 0.2) is 18.2 Å². The first-order valence-electron chi connectivity index (χ1n) is 4.59. The molecule has 2 amide bonds. The molecule has 0 bridgehead atoms. The third-order valence-electron chi connectivity index (χ3n) is 2.43. The van der Waals surface area contributed by atoms with Gasteiger partial charge in [-0.05, 0) is 17.1 Å². The van der Waals surface area contributed by atoms with Gasteiger partial charge >= 0.3 is 13.1 Å². The van der Waals surface area contributed by atoms with E-state index in [2.05, 4.69) is 5.32 Å². The van der Waals surface area contributed by atoms with E-state index < -0.39 is 7.12 Å². The normalized spacial score (nSPS) is 14.6. The van der Waals surface area contributed by atoms with Crippen LogP contribution in [-0.4, -0.2) is 35.1 Å².